The zero-order valence-corrected chi connectivity index (χ0v) is 36.0. The van der Waals surface area contributed by atoms with Crippen LogP contribution in [0.3, 0.4) is 0 Å². The van der Waals surface area contributed by atoms with E-state index in [4.69, 9.17) is 15.4 Å². The molecular formula is C47H35F5N4O9S2. The zero-order chi connectivity index (χ0) is 47.9. The third-order valence-corrected chi connectivity index (χ3v) is 11.1. The SMILES string of the molecule is NOOSc1ccccc1NC(=O)c1cccc(OCc2ccccc2)c1.O=C(Nc1ccccc1S(=O)(=O)NC(=O)c1c(F)c(F)c(F)c(F)c1F)c1cccc(OCc2ccccc2)c1. The summed E-state index contributed by atoms with van der Waals surface area (Å²) >= 11 is 0.906. The second kappa shape index (κ2) is 23.0. The van der Waals surface area contributed by atoms with Gasteiger partial charge in [-0.1, -0.05) is 97.1 Å². The van der Waals surface area contributed by atoms with E-state index in [-0.39, 0.29) is 23.8 Å². The highest BCUT2D eigenvalue weighted by atomic mass is 32.2. The highest BCUT2D eigenvalue weighted by Crippen LogP contribution is 2.29. The van der Waals surface area contributed by atoms with Crippen LogP contribution in [0.1, 0.15) is 42.2 Å². The monoisotopic (exact) mass is 958 g/mol. The van der Waals surface area contributed by atoms with Crippen molar-refractivity contribution in [2.75, 3.05) is 10.6 Å². The van der Waals surface area contributed by atoms with Crippen LogP contribution in [0, 0.1) is 29.1 Å². The molecule has 344 valence electrons. The fourth-order valence-electron chi connectivity index (χ4n) is 5.86. The van der Waals surface area contributed by atoms with Crippen LogP contribution in [0.4, 0.5) is 33.3 Å². The second-order valence-electron chi connectivity index (χ2n) is 13.6. The minimum Gasteiger partial charge on any atom is -0.489 e. The molecule has 7 rings (SSSR count). The molecule has 0 aromatic heterocycles. The lowest BCUT2D eigenvalue weighted by atomic mass is 10.1. The minimum atomic E-state index is -4.99. The third kappa shape index (κ3) is 13.0. The molecule has 7 aromatic carbocycles. The Kier molecular flexibility index (Phi) is 16.8. The number of hydrogen-bond donors (Lipinski definition) is 4. The zero-order valence-electron chi connectivity index (χ0n) is 34.4. The van der Waals surface area contributed by atoms with E-state index in [0.29, 0.717) is 34.3 Å². The van der Waals surface area contributed by atoms with Crippen molar-refractivity contribution in [2.24, 2.45) is 5.90 Å². The van der Waals surface area contributed by atoms with E-state index < -0.39 is 61.4 Å². The maximum absolute atomic E-state index is 14.0. The summed E-state index contributed by atoms with van der Waals surface area (Å²) < 4.78 is 111. The Labute approximate surface area is 383 Å². The highest BCUT2D eigenvalue weighted by molar-refractivity contribution is 7.94. The van der Waals surface area contributed by atoms with Crippen LogP contribution in [-0.4, -0.2) is 26.1 Å². The topological polar surface area (TPSA) is 184 Å². The van der Waals surface area contributed by atoms with Crippen LogP contribution in [0.5, 0.6) is 11.5 Å². The normalized spacial score (nSPS) is 10.8. The molecule has 13 nitrogen and oxygen atoms in total. The van der Waals surface area contributed by atoms with Gasteiger partial charge in [-0.2, -0.15) is 5.90 Å². The van der Waals surface area contributed by atoms with Gasteiger partial charge in [0.15, 0.2) is 23.3 Å². The van der Waals surface area contributed by atoms with Crippen molar-refractivity contribution >= 4 is 51.2 Å². The molecule has 7 aromatic rings. The van der Waals surface area contributed by atoms with Gasteiger partial charge in [-0.15, -0.1) is 9.32 Å². The van der Waals surface area contributed by atoms with Crippen LogP contribution in [-0.2, 0) is 32.6 Å². The summed E-state index contributed by atoms with van der Waals surface area (Å²) in [6.45, 7) is 0.650. The van der Waals surface area contributed by atoms with Crippen molar-refractivity contribution < 1.29 is 63.5 Å². The number of amides is 3. The molecule has 0 atom stereocenters. The summed E-state index contributed by atoms with van der Waals surface area (Å²) in [6, 6.07) is 43.8. The standard InChI is InChI=1S/C27H17F5N2O5S.C20H18N2O4S/c28-21-20(22(29)24(31)25(32)23(21)30)27(36)34-40(37,38)19-12-5-4-11-18(19)33-26(35)16-9-6-10-17(13-16)39-14-15-7-2-1-3-8-15;21-25-26-27-19-12-5-4-11-18(19)22-20(23)16-9-6-10-17(13-16)24-14-15-7-2-1-3-8-15/h1-13H,14H2,(H,33,35)(H,34,36);1-13H,14,21H2,(H,22,23). The van der Waals surface area contributed by atoms with Crippen molar-refractivity contribution in [1.82, 2.24) is 4.72 Å². The Balaban J connectivity index is 0.000000238. The van der Waals surface area contributed by atoms with Crippen molar-refractivity contribution in [3.63, 3.8) is 0 Å². The lowest BCUT2D eigenvalue weighted by Crippen LogP contribution is -2.33. The average Bonchev–Trinajstić information content (AvgIpc) is 3.34. The lowest BCUT2D eigenvalue weighted by molar-refractivity contribution is -0.195. The van der Waals surface area contributed by atoms with Gasteiger partial charge in [-0.25, -0.2) is 35.1 Å². The third-order valence-electron chi connectivity index (χ3n) is 9.08. The molecule has 0 heterocycles. The van der Waals surface area contributed by atoms with Crippen molar-refractivity contribution in [3.05, 3.63) is 215 Å². The van der Waals surface area contributed by atoms with Crippen molar-refractivity contribution in [2.45, 2.75) is 23.0 Å². The minimum absolute atomic E-state index is 0.0724. The molecule has 0 radical (unpaired) electrons. The van der Waals surface area contributed by atoms with Gasteiger partial charge in [0.25, 0.3) is 27.7 Å². The van der Waals surface area contributed by atoms with Crippen LogP contribution in [0.15, 0.2) is 168 Å². The first-order valence-electron chi connectivity index (χ1n) is 19.4. The lowest BCUT2D eigenvalue weighted by Gasteiger charge is -2.14. The first-order chi connectivity index (χ1) is 32.2. The molecule has 0 aliphatic carbocycles. The van der Waals surface area contributed by atoms with Crippen molar-refractivity contribution in [1.29, 1.82) is 0 Å². The largest absolute Gasteiger partial charge is 0.489 e. The quantitative estimate of drug-likeness (QED) is 0.0181. The fraction of sp³-hybridized carbons (Fsp3) is 0.0426. The Morgan fingerprint density at radius 3 is 1.49 bits per heavy atom. The molecular weight excluding hydrogens is 924 g/mol. The van der Waals surface area contributed by atoms with E-state index >= 15 is 0 Å². The Morgan fingerprint density at radius 2 is 0.970 bits per heavy atom. The molecule has 0 unspecified atom stereocenters. The Morgan fingerprint density at radius 1 is 0.522 bits per heavy atom. The van der Waals surface area contributed by atoms with Crippen LogP contribution < -0.4 is 30.7 Å². The number of anilines is 2. The smallest absolute Gasteiger partial charge is 0.271 e. The molecule has 0 saturated carbocycles. The van der Waals surface area contributed by atoms with Gasteiger partial charge >= 0.3 is 0 Å². The summed E-state index contributed by atoms with van der Waals surface area (Å²) in [4.78, 5) is 41.8. The number of para-hydroxylation sites is 2. The van der Waals surface area contributed by atoms with Crippen molar-refractivity contribution in [3.8, 4) is 11.5 Å². The first kappa shape index (κ1) is 48.8. The van der Waals surface area contributed by atoms with Gasteiger partial charge in [-0.05, 0) is 71.8 Å². The number of halogens is 5. The molecule has 67 heavy (non-hydrogen) atoms. The Hall–Kier alpha value is -7.62. The number of ether oxygens (including phenoxy) is 2. The van der Waals surface area contributed by atoms with Gasteiger partial charge in [0.1, 0.15) is 35.2 Å². The van der Waals surface area contributed by atoms with Crippen LogP contribution >= 0.6 is 12.0 Å². The van der Waals surface area contributed by atoms with E-state index in [1.165, 1.54) is 35.1 Å². The van der Waals surface area contributed by atoms with Crippen LogP contribution in [0.2, 0.25) is 0 Å². The average molecular weight is 959 g/mol. The van der Waals surface area contributed by atoms with E-state index in [2.05, 4.69) is 20.0 Å². The number of sulfonamides is 1. The first-order valence-corrected chi connectivity index (χ1v) is 21.6. The van der Waals surface area contributed by atoms with Gasteiger partial charge in [0.2, 0.25) is 5.82 Å². The summed E-state index contributed by atoms with van der Waals surface area (Å²) in [5.74, 6) is -9.73. The molecule has 20 heteroatoms. The maximum Gasteiger partial charge on any atom is 0.271 e. The van der Waals surface area contributed by atoms with E-state index in [1.807, 2.05) is 78.9 Å². The number of nitrogens with one attached hydrogen (secondary N) is 3. The molecule has 3 amide bonds. The second-order valence-corrected chi connectivity index (χ2v) is 16.0. The van der Waals surface area contributed by atoms with Gasteiger partial charge in [0.05, 0.1) is 28.3 Å². The molecule has 0 saturated heterocycles. The van der Waals surface area contributed by atoms with E-state index in [0.717, 1.165) is 35.3 Å². The van der Waals surface area contributed by atoms with E-state index in [9.17, 15) is 44.8 Å². The summed E-state index contributed by atoms with van der Waals surface area (Å²) in [5.41, 5.74) is 0.735. The molecule has 0 spiro atoms. The summed E-state index contributed by atoms with van der Waals surface area (Å²) in [7, 11) is -4.99. The van der Waals surface area contributed by atoms with Gasteiger partial charge < -0.3 is 20.1 Å². The maximum atomic E-state index is 14.0. The molecule has 0 aliphatic heterocycles. The summed E-state index contributed by atoms with van der Waals surface area (Å²) in [6.07, 6.45) is 0. The van der Waals surface area contributed by atoms with Gasteiger partial charge in [0, 0.05) is 11.1 Å². The molecule has 0 aliphatic rings. The number of hydrogen-bond acceptors (Lipinski definition) is 11. The Bertz CT molecular complexity index is 2960. The number of rotatable bonds is 16. The number of nitrogens with two attached hydrogens (primary N) is 1. The van der Waals surface area contributed by atoms with E-state index in [1.54, 1.807) is 36.4 Å². The number of carbonyl (C=O) groups excluding carboxylic acids is 3. The number of carbonyl (C=O) groups is 3. The van der Waals surface area contributed by atoms with Gasteiger partial charge in [-0.3, -0.25) is 14.4 Å². The molecule has 0 fully saturated rings. The molecule has 0 bridgehead atoms. The number of benzene rings is 7. The summed E-state index contributed by atoms with van der Waals surface area (Å²) in [5, 5.41) is 5.20. The predicted molar refractivity (Wildman–Crippen MR) is 236 cm³/mol. The highest BCUT2D eigenvalue weighted by Gasteiger charge is 2.32. The predicted octanol–water partition coefficient (Wildman–Crippen LogP) is 9.68. The molecule has 5 N–H and O–H groups in total. The fourth-order valence-corrected chi connectivity index (χ4v) is 7.44. The van der Waals surface area contributed by atoms with Crippen LogP contribution in [0.25, 0.3) is 0 Å².